The number of carbonyl (C=O) groups excluding carboxylic acids is 3. The quantitative estimate of drug-likeness (QED) is 0.758. The van der Waals surface area contributed by atoms with E-state index in [0.29, 0.717) is 12.8 Å². The second-order valence-corrected chi connectivity index (χ2v) is 9.16. The van der Waals surface area contributed by atoms with Crippen LogP contribution in [0.3, 0.4) is 0 Å². The van der Waals surface area contributed by atoms with E-state index in [9.17, 15) is 14.4 Å². The molecular formula is C19H32N2O5. The number of amides is 2. The summed E-state index contributed by atoms with van der Waals surface area (Å²) < 4.78 is 10.8. The second-order valence-electron chi connectivity index (χ2n) is 9.16. The molecule has 7 nitrogen and oxygen atoms in total. The van der Waals surface area contributed by atoms with E-state index < -0.39 is 29.4 Å². The van der Waals surface area contributed by atoms with Gasteiger partial charge < -0.3 is 19.7 Å². The number of nitrogens with zero attached hydrogens (tertiary/aromatic N) is 1. The van der Waals surface area contributed by atoms with Crippen LogP contribution in [0.25, 0.3) is 0 Å². The van der Waals surface area contributed by atoms with Crippen LogP contribution in [0.1, 0.15) is 73.6 Å². The number of hydrogen-bond donors (Lipinski definition) is 1. The minimum absolute atomic E-state index is 0.0328. The number of alkyl carbamates (subject to hydrolysis) is 1. The summed E-state index contributed by atoms with van der Waals surface area (Å²) in [5.74, 6) is -0.585. The van der Waals surface area contributed by atoms with Crippen molar-refractivity contribution in [3.63, 3.8) is 0 Å². The maximum atomic E-state index is 13.1. The zero-order chi connectivity index (χ0) is 19.7. The Hall–Kier alpha value is -1.79. The van der Waals surface area contributed by atoms with Crippen molar-refractivity contribution in [3.8, 4) is 0 Å². The molecule has 2 amide bonds. The average molecular weight is 368 g/mol. The molecule has 0 spiro atoms. The summed E-state index contributed by atoms with van der Waals surface area (Å²) in [7, 11) is 0. The molecule has 2 saturated heterocycles. The van der Waals surface area contributed by atoms with Crippen molar-refractivity contribution in [3.05, 3.63) is 0 Å². The van der Waals surface area contributed by atoms with Crippen LogP contribution in [0.15, 0.2) is 0 Å². The van der Waals surface area contributed by atoms with E-state index in [4.69, 9.17) is 9.47 Å². The molecule has 0 aromatic heterocycles. The van der Waals surface area contributed by atoms with E-state index in [-0.39, 0.29) is 17.9 Å². The van der Waals surface area contributed by atoms with E-state index in [1.165, 1.54) is 0 Å². The normalized spacial score (nSPS) is 26.8. The highest BCUT2D eigenvalue weighted by molar-refractivity contribution is 5.90. The Bertz CT molecular complexity index is 561. The van der Waals surface area contributed by atoms with Gasteiger partial charge in [-0.15, -0.1) is 0 Å². The van der Waals surface area contributed by atoms with Crippen LogP contribution in [0.5, 0.6) is 0 Å². The third kappa shape index (κ3) is 5.35. The molecular weight excluding hydrogens is 336 g/mol. The smallest absolute Gasteiger partial charge is 0.408 e. The van der Waals surface area contributed by atoms with E-state index in [1.54, 1.807) is 25.7 Å². The van der Waals surface area contributed by atoms with Gasteiger partial charge in [0.15, 0.2) is 0 Å². The largest absolute Gasteiger partial charge is 0.458 e. The average Bonchev–Trinajstić information content (AvgIpc) is 2.79. The molecule has 3 atom stereocenters. The van der Waals surface area contributed by atoms with E-state index in [0.717, 1.165) is 19.3 Å². The van der Waals surface area contributed by atoms with Gasteiger partial charge in [0, 0.05) is 6.04 Å². The number of rotatable bonds is 2. The van der Waals surface area contributed by atoms with Crippen molar-refractivity contribution in [2.75, 3.05) is 0 Å². The van der Waals surface area contributed by atoms with Crippen LogP contribution < -0.4 is 5.32 Å². The highest BCUT2D eigenvalue weighted by atomic mass is 16.6. The van der Waals surface area contributed by atoms with Gasteiger partial charge in [-0.1, -0.05) is 0 Å². The summed E-state index contributed by atoms with van der Waals surface area (Å²) in [4.78, 5) is 39.3. The minimum atomic E-state index is -0.669. The van der Waals surface area contributed by atoms with Crippen molar-refractivity contribution in [2.45, 2.75) is 103 Å². The molecule has 0 aliphatic carbocycles. The van der Waals surface area contributed by atoms with Gasteiger partial charge in [0.2, 0.25) is 5.91 Å². The monoisotopic (exact) mass is 368 g/mol. The first-order valence-corrected chi connectivity index (χ1v) is 9.42. The van der Waals surface area contributed by atoms with Crippen molar-refractivity contribution >= 4 is 18.0 Å². The molecule has 2 rings (SSSR count). The molecule has 0 aromatic carbocycles. The maximum absolute atomic E-state index is 13.1. The number of esters is 1. The number of hydrogen-bond acceptors (Lipinski definition) is 5. The fourth-order valence-electron chi connectivity index (χ4n) is 3.55. The Morgan fingerprint density at radius 3 is 2.15 bits per heavy atom. The Kier molecular flexibility index (Phi) is 5.88. The first-order valence-electron chi connectivity index (χ1n) is 9.42. The van der Waals surface area contributed by atoms with E-state index >= 15 is 0 Å². The first-order chi connectivity index (χ1) is 11.9. The van der Waals surface area contributed by atoms with Crippen molar-refractivity contribution in [1.82, 2.24) is 10.2 Å². The van der Waals surface area contributed by atoms with Crippen LogP contribution in [0.2, 0.25) is 0 Å². The van der Waals surface area contributed by atoms with Crippen LogP contribution >= 0.6 is 0 Å². The predicted octanol–water partition coefficient (Wildman–Crippen LogP) is 2.76. The summed E-state index contributed by atoms with van der Waals surface area (Å²) in [6.45, 7) is 10.8. The molecule has 148 valence electrons. The lowest BCUT2D eigenvalue weighted by Crippen LogP contribution is -2.54. The third-order valence-electron chi connectivity index (χ3n) is 4.46. The second kappa shape index (κ2) is 7.45. The van der Waals surface area contributed by atoms with Gasteiger partial charge in [-0.3, -0.25) is 4.79 Å². The lowest BCUT2D eigenvalue weighted by Gasteiger charge is -2.32. The predicted molar refractivity (Wildman–Crippen MR) is 96.5 cm³/mol. The lowest BCUT2D eigenvalue weighted by atomic mass is 10.1. The Labute approximate surface area is 155 Å². The van der Waals surface area contributed by atoms with Crippen LogP contribution in [0, 0.1) is 0 Å². The number of nitrogens with one attached hydrogen (secondary N) is 1. The molecule has 0 aromatic rings. The molecule has 2 heterocycles. The van der Waals surface area contributed by atoms with Crippen LogP contribution in [0.4, 0.5) is 4.79 Å². The van der Waals surface area contributed by atoms with Crippen LogP contribution in [-0.2, 0) is 19.1 Å². The lowest BCUT2D eigenvalue weighted by molar-refractivity contribution is -0.164. The van der Waals surface area contributed by atoms with Crippen molar-refractivity contribution in [1.29, 1.82) is 0 Å². The minimum Gasteiger partial charge on any atom is -0.458 e. The number of fused-ring (bicyclic) bond motifs is 1. The van der Waals surface area contributed by atoms with E-state index in [2.05, 4.69) is 5.32 Å². The molecule has 0 saturated carbocycles. The number of ether oxygens (including phenoxy) is 2. The van der Waals surface area contributed by atoms with E-state index in [1.807, 2.05) is 20.8 Å². The zero-order valence-electron chi connectivity index (χ0n) is 16.8. The molecule has 0 radical (unpaired) electrons. The molecule has 0 unspecified atom stereocenters. The topological polar surface area (TPSA) is 84.9 Å². The Balaban J connectivity index is 2.11. The maximum Gasteiger partial charge on any atom is 0.408 e. The van der Waals surface area contributed by atoms with Gasteiger partial charge in [0.05, 0.1) is 0 Å². The summed E-state index contributed by atoms with van der Waals surface area (Å²) in [6, 6.07) is -1.21. The molecule has 2 fully saturated rings. The summed E-state index contributed by atoms with van der Waals surface area (Å²) in [5.41, 5.74) is -1.23. The molecule has 2 aliphatic heterocycles. The highest BCUT2D eigenvalue weighted by Crippen LogP contribution is 2.33. The van der Waals surface area contributed by atoms with Gasteiger partial charge >= 0.3 is 12.1 Å². The van der Waals surface area contributed by atoms with Crippen molar-refractivity contribution in [2.24, 2.45) is 0 Å². The number of carbonyl (C=O) groups is 3. The van der Waals surface area contributed by atoms with Gasteiger partial charge in [0.1, 0.15) is 23.3 Å². The standard InChI is InChI=1S/C19H32N2O5/c1-18(2,3)25-16(23)14-11-10-12-8-7-9-13(15(22)21(12)14)20-17(24)26-19(4,5)6/h12-14H,7-11H2,1-6H3,(H,20,24)/t12-,13-,14-/m0/s1. The SMILES string of the molecule is CC(C)(C)OC(=O)N[C@H]1CCC[C@H]2CC[C@@H](C(=O)OC(C)(C)C)N2C1=O. The summed E-state index contributed by atoms with van der Waals surface area (Å²) in [6.07, 6.45) is 2.97. The summed E-state index contributed by atoms with van der Waals surface area (Å²) >= 11 is 0. The summed E-state index contributed by atoms with van der Waals surface area (Å²) in [5, 5.41) is 2.68. The van der Waals surface area contributed by atoms with Gasteiger partial charge in [-0.2, -0.15) is 0 Å². The molecule has 7 heteroatoms. The van der Waals surface area contributed by atoms with Crippen molar-refractivity contribution < 1.29 is 23.9 Å². The zero-order valence-corrected chi connectivity index (χ0v) is 16.8. The van der Waals surface area contributed by atoms with Gasteiger partial charge in [0.25, 0.3) is 0 Å². The first kappa shape index (κ1) is 20.5. The molecule has 2 aliphatic rings. The molecule has 1 N–H and O–H groups in total. The Morgan fingerprint density at radius 2 is 1.58 bits per heavy atom. The Morgan fingerprint density at radius 1 is 0.962 bits per heavy atom. The fraction of sp³-hybridized carbons (Fsp3) is 0.842. The fourth-order valence-corrected chi connectivity index (χ4v) is 3.55. The highest BCUT2D eigenvalue weighted by Gasteiger charge is 2.46. The van der Waals surface area contributed by atoms with Gasteiger partial charge in [-0.05, 0) is 73.6 Å². The third-order valence-corrected chi connectivity index (χ3v) is 4.46. The van der Waals surface area contributed by atoms with Crippen LogP contribution in [-0.4, -0.2) is 52.2 Å². The molecule has 0 bridgehead atoms. The van der Waals surface area contributed by atoms with Gasteiger partial charge in [-0.25, -0.2) is 9.59 Å². The molecule has 26 heavy (non-hydrogen) atoms.